The fourth-order valence-corrected chi connectivity index (χ4v) is 4.64. The fourth-order valence-electron chi connectivity index (χ4n) is 4.18. The van der Waals surface area contributed by atoms with Crippen molar-refractivity contribution in [2.24, 2.45) is 4.99 Å². The summed E-state index contributed by atoms with van der Waals surface area (Å²) in [7, 11) is 3.22. The maximum Gasteiger partial charge on any atom is 0.238 e. The van der Waals surface area contributed by atoms with Gasteiger partial charge in [-0.3, -0.25) is 0 Å². The van der Waals surface area contributed by atoms with E-state index in [0.717, 1.165) is 22.3 Å². The van der Waals surface area contributed by atoms with Crippen molar-refractivity contribution in [2.75, 3.05) is 14.2 Å². The van der Waals surface area contributed by atoms with E-state index < -0.39 is 0 Å². The molecule has 4 aromatic carbocycles. The molecule has 0 saturated carbocycles. The molecule has 6 nitrogen and oxygen atoms in total. The zero-order chi connectivity index (χ0) is 28.8. The molecule has 0 aliphatic rings. The fraction of sp³-hybridized carbons (Fsp3) is 0.0909. The number of benzene rings is 4. The van der Waals surface area contributed by atoms with Crippen LogP contribution in [0.4, 0.5) is 5.88 Å². The van der Waals surface area contributed by atoms with E-state index in [1.807, 2.05) is 78.9 Å². The number of rotatable bonds is 9. The quantitative estimate of drug-likeness (QED) is 0.162. The standard InChI is InChI=1S/C33H24Cl2N2O4/c1-38-26-13-6-22(7-14-26)31-29(18-36)33(41-32(31)23-8-15-27(39-2)16-9-23)37-19-21-3-11-28(12-4-21)40-20-24-5-10-25(34)17-30(24)35/h3-17,19H,20H2,1-2H3. The largest absolute Gasteiger partial charge is 0.497 e. The molecule has 8 heteroatoms. The van der Waals surface area contributed by atoms with Crippen LogP contribution in [0.3, 0.4) is 0 Å². The molecule has 41 heavy (non-hydrogen) atoms. The molecular weight excluding hydrogens is 559 g/mol. The van der Waals surface area contributed by atoms with Gasteiger partial charge in [-0.25, -0.2) is 4.99 Å². The summed E-state index contributed by atoms with van der Waals surface area (Å²) in [4.78, 5) is 4.56. The molecule has 0 saturated heterocycles. The van der Waals surface area contributed by atoms with E-state index in [2.05, 4.69) is 11.1 Å². The molecule has 0 aliphatic carbocycles. The Morgan fingerprint density at radius 1 is 0.805 bits per heavy atom. The minimum atomic E-state index is 0.210. The van der Waals surface area contributed by atoms with Crippen LogP contribution in [0.5, 0.6) is 17.2 Å². The highest BCUT2D eigenvalue weighted by atomic mass is 35.5. The second kappa shape index (κ2) is 12.6. The average molecular weight is 583 g/mol. The molecule has 1 aromatic heterocycles. The molecule has 0 atom stereocenters. The molecule has 0 fully saturated rings. The van der Waals surface area contributed by atoms with Gasteiger partial charge >= 0.3 is 0 Å². The molecule has 5 aromatic rings. The Morgan fingerprint density at radius 2 is 1.41 bits per heavy atom. The van der Waals surface area contributed by atoms with E-state index in [9.17, 15) is 5.26 Å². The van der Waals surface area contributed by atoms with Crippen LogP contribution < -0.4 is 14.2 Å². The summed E-state index contributed by atoms with van der Waals surface area (Å²) in [5.41, 5.74) is 4.22. The van der Waals surface area contributed by atoms with Crippen molar-refractivity contribution in [2.45, 2.75) is 6.61 Å². The summed E-state index contributed by atoms with van der Waals surface area (Å²) in [5.74, 6) is 2.85. The first-order chi connectivity index (χ1) is 20.0. The zero-order valence-corrected chi connectivity index (χ0v) is 23.7. The highest BCUT2D eigenvalue weighted by molar-refractivity contribution is 6.35. The molecule has 0 amide bonds. The molecule has 5 rings (SSSR count). The lowest BCUT2D eigenvalue weighted by Gasteiger charge is -2.08. The van der Waals surface area contributed by atoms with Crippen LogP contribution in [-0.2, 0) is 6.61 Å². The topological polar surface area (TPSA) is 77.0 Å². The summed E-state index contributed by atoms with van der Waals surface area (Å²) in [6.07, 6.45) is 1.65. The number of halogens is 2. The summed E-state index contributed by atoms with van der Waals surface area (Å²) in [5, 5.41) is 11.3. The number of nitrogens with zero attached hydrogens (tertiary/aromatic N) is 2. The van der Waals surface area contributed by atoms with Crippen molar-refractivity contribution in [3.8, 4) is 45.8 Å². The van der Waals surface area contributed by atoms with Crippen molar-refractivity contribution in [1.82, 2.24) is 0 Å². The van der Waals surface area contributed by atoms with Crippen molar-refractivity contribution in [1.29, 1.82) is 5.26 Å². The second-order valence-corrected chi connectivity index (χ2v) is 9.75. The maximum absolute atomic E-state index is 10.2. The minimum absolute atomic E-state index is 0.210. The Labute approximate surface area is 248 Å². The van der Waals surface area contributed by atoms with E-state index in [1.54, 1.807) is 32.6 Å². The zero-order valence-electron chi connectivity index (χ0n) is 22.2. The predicted octanol–water partition coefficient (Wildman–Crippen LogP) is 9.14. The van der Waals surface area contributed by atoms with Crippen LogP contribution in [0, 0.1) is 11.3 Å². The number of hydrogen-bond donors (Lipinski definition) is 0. The monoisotopic (exact) mass is 582 g/mol. The van der Waals surface area contributed by atoms with Crippen molar-refractivity contribution >= 4 is 35.3 Å². The molecule has 1 heterocycles. The third kappa shape index (κ3) is 6.38. The smallest absolute Gasteiger partial charge is 0.238 e. The number of aliphatic imine (C=N–C) groups is 1. The van der Waals surface area contributed by atoms with Crippen molar-refractivity contribution < 1.29 is 18.6 Å². The Bertz CT molecular complexity index is 1720. The molecule has 0 radical (unpaired) electrons. The lowest BCUT2D eigenvalue weighted by atomic mass is 9.98. The lowest BCUT2D eigenvalue weighted by Crippen LogP contribution is -1.96. The number of methoxy groups -OCH3 is 2. The van der Waals surface area contributed by atoms with Gasteiger partial charge in [0.1, 0.15) is 41.2 Å². The van der Waals surface area contributed by atoms with Gasteiger partial charge in [0.2, 0.25) is 5.88 Å². The molecule has 0 unspecified atom stereocenters. The van der Waals surface area contributed by atoms with Gasteiger partial charge in [0.05, 0.1) is 14.2 Å². The van der Waals surface area contributed by atoms with E-state index in [-0.39, 0.29) is 5.88 Å². The van der Waals surface area contributed by atoms with E-state index >= 15 is 0 Å². The highest BCUT2D eigenvalue weighted by Gasteiger charge is 2.23. The summed E-state index contributed by atoms with van der Waals surface area (Å²) in [6.45, 7) is 0.309. The summed E-state index contributed by atoms with van der Waals surface area (Å²) >= 11 is 12.2. The lowest BCUT2D eigenvalue weighted by molar-refractivity contribution is 0.306. The molecule has 204 valence electrons. The van der Waals surface area contributed by atoms with Gasteiger partial charge < -0.3 is 18.6 Å². The van der Waals surface area contributed by atoms with E-state index in [4.69, 9.17) is 41.8 Å². The number of furan rings is 1. The Kier molecular flexibility index (Phi) is 8.59. The second-order valence-electron chi connectivity index (χ2n) is 8.91. The van der Waals surface area contributed by atoms with Crippen LogP contribution in [0.1, 0.15) is 16.7 Å². The normalized spacial score (nSPS) is 10.9. The van der Waals surface area contributed by atoms with E-state index in [0.29, 0.717) is 50.8 Å². The number of hydrogen-bond acceptors (Lipinski definition) is 6. The third-order valence-corrected chi connectivity index (χ3v) is 6.94. The molecular formula is C33H24Cl2N2O4. The van der Waals surface area contributed by atoms with Gasteiger partial charge in [-0.2, -0.15) is 5.26 Å². The first-order valence-electron chi connectivity index (χ1n) is 12.6. The van der Waals surface area contributed by atoms with Gasteiger partial charge in [-0.15, -0.1) is 0 Å². The maximum atomic E-state index is 10.2. The van der Waals surface area contributed by atoms with Crippen LogP contribution in [0.25, 0.3) is 22.5 Å². The molecule has 0 N–H and O–H groups in total. The van der Waals surface area contributed by atoms with Crippen molar-refractivity contribution in [3.05, 3.63) is 118 Å². The van der Waals surface area contributed by atoms with Crippen molar-refractivity contribution in [3.63, 3.8) is 0 Å². The predicted molar refractivity (Wildman–Crippen MR) is 162 cm³/mol. The SMILES string of the molecule is COc1ccc(-c2oc(N=Cc3ccc(OCc4ccc(Cl)cc4Cl)cc3)c(C#N)c2-c2ccc(OC)cc2)cc1. The Balaban J connectivity index is 1.43. The molecule has 0 spiro atoms. The van der Waals surface area contributed by atoms with Gasteiger partial charge in [-0.1, -0.05) is 41.4 Å². The van der Waals surface area contributed by atoms with E-state index in [1.165, 1.54) is 0 Å². The van der Waals surface area contributed by atoms with Crippen LogP contribution in [0.2, 0.25) is 10.0 Å². The van der Waals surface area contributed by atoms with Gasteiger partial charge in [0.15, 0.2) is 0 Å². The summed E-state index contributed by atoms with van der Waals surface area (Å²) < 4.78 is 22.7. The molecule has 0 bridgehead atoms. The van der Waals surface area contributed by atoms with Gasteiger partial charge in [-0.05, 0) is 83.9 Å². The Hall–Kier alpha value is -4.70. The van der Waals surface area contributed by atoms with Crippen LogP contribution in [-0.4, -0.2) is 20.4 Å². The highest BCUT2D eigenvalue weighted by Crippen LogP contribution is 2.43. The van der Waals surface area contributed by atoms with Gasteiger partial charge in [0, 0.05) is 33.0 Å². The first-order valence-corrected chi connectivity index (χ1v) is 13.3. The third-order valence-electron chi connectivity index (χ3n) is 6.35. The van der Waals surface area contributed by atoms with Crippen LogP contribution >= 0.6 is 23.2 Å². The van der Waals surface area contributed by atoms with Gasteiger partial charge in [0.25, 0.3) is 0 Å². The molecule has 0 aliphatic heterocycles. The minimum Gasteiger partial charge on any atom is -0.497 e. The number of ether oxygens (including phenoxy) is 3. The van der Waals surface area contributed by atoms with Crippen LogP contribution in [0.15, 0.2) is 100 Å². The number of nitriles is 1. The summed E-state index contributed by atoms with van der Waals surface area (Å²) in [6, 6.07) is 29.9. The average Bonchev–Trinajstić information content (AvgIpc) is 3.38. The Morgan fingerprint density at radius 3 is 2.00 bits per heavy atom. The first kappa shape index (κ1) is 27.9.